The highest BCUT2D eigenvalue weighted by atomic mass is 16.3. The van der Waals surface area contributed by atoms with Crippen LogP contribution in [0, 0.1) is 6.92 Å². The molecule has 0 aliphatic rings. The molecule has 0 aliphatic carbocycles. The van der Waals surface area contributed by atoms with Crippen LogP contribution in [0.5, 0.6) is 5.75 Å². The molecule has 0 saturated carbocycles. The fourth-order valence-corrected chi connectivity index (χ4v) is 1.23. The summed E-state index contributed by atoms with van der Waals surface area (Å²) in [5.41, 5.74) is 1.96. The van der Waals surface area contributed by atoms with Crippen LogP contribution in [0.1, 0.15) is 24.5 Å². The Morgan fingerprint density at radius 3 is 2.77 bits per heavy atom. The van der Waals surface area contributed by atoms with E-state index in [9.17, 15) is 9.90 Å². The second-order valence-corrected chi connectivity index (χ2v) is 3.33. The number of benzene rings is 1. The molecule has 1 aromatic rings. The van der Waals surface area contributed by atoms with Crippen LogP contribution in [0.15, 0.2) is 18.2 Å². The first-order chi connectivity index (χ1) is 6.09. The molecule has 0 bridgehead atoms. The van der Waals surface area contributed by atoms with E-state index in [2.05, 4.69) is 0 Å². The lowest BCUT2D eigenvalue weighted by Crippen LogP contribution is -1.94. The second kappa shape index (κ2) is 4.08. The van der Waals surface area contributed by atoms with Crippen LogP contribution in [0.4, 0.5) is 0 Å². The van der Waals surface area contributed by atoms with Gasteiger partial charge in [0.25, 0.3) is 0 Å². The lowest BCUT2D eigenvalue weighted by Gasteiger charge is -2.03. The summed E-state index contributed by atoms with van der Waals surface area (Å²) in [5.74, 6) is 0.438. The smallest absolute Gasteiger partial charge is 0.130 e. The van der Waals surface area contributed by atoms with Crippen LogP contribution in [-0.4, -0.2) is 10.9 Å². The molecule has 0 unspecified atom stereocenters. The molecule has 2 heteroatoms. The summed E-state index contributed by atoms with van der Waals surface area (Å²) in [7, 11) is 0. The van der Waals surface area contributed by atoms with E-state index in [0.717, 1.165) is 11.1 Å². The standard InChI is InChI=1S/C11H14O2/c1-8-3-6-11(13)10(7-8)5-4-9(2)12/h3,6-7,13H,4-5H2,1-2H3. The van der Waals surface area contributed by atoms with E-state index in [0.29, 0.717) is 12.8 Å². The number of carbonyl (C=O) groups is 1. The molecule has 0 aromatic heterocycles. The molecule has 0 amide bonds. The number of aromatic hydroxyl groups is 1. The van der Waals surface area contributed by atoms with Gasteiger partial charge in [0.2, 0.25) is 0 Å². The van der Waals surface area contributed by atoms with E-state index in [1.165, 1.54) is 0 Å². The minimum Gasteiger partial charge on any atom is -0.508 e. The third-order valence-electron chi connectivity index (χ3n) is 1.98. The van der Waals surface area contributed by atoms with Crippen LogP contribution >= 0.6 is 0 Å². The van der Waals surface area contributed by atoms with Gasteiger partial charge in [-0.05, 0) is 31.9 Å². The zero-order valence-corrected chi connectivity index (χ0v) is 8.00. The van der Waals surface area contributed by atoms with Gasteiger partial charge >= 0.3 is 0 Å². The fourth-order valence-electron chi connectivity index (χ4n) is 1.23. The maximum atomic E-state index is 10.7. The quantitative estimate of drug-likeness (QED) is 0.770. The van der Waals surface area contributed by atoms with Gasteiger partial charge in [0.05, 0.1) is 0 Å². The predicted molar refractivity (Wildman–Crippen MR) is 51.8 cm³/mol. The van der Waals surface area contributed by atoms with Crippen LogP contribution < -0.4 is 0 Å². The minimum absolute atomic E-state index is 0.154. The van der Waals surface area contributed by atoms with Gasteiger partial charge in [-0.3, -0.25) is 0 Å². The maximum Gasteiger partial charge on any atom is 0.130 e. The van der Waals surface area contributed by atoms with Crippen LogP contribution in [-0.2, 0) is 11.2 Å². The predicted octanol–water partition coefficient (Wildman–Crippen LogP) is 2.22. The Morgan fingerprint density at radius 2 is 2.15 bits per heavy atom. The van der Waals surface area contributed by atoms with Gasteiger partial charge < -0.3 is 9.90 Å². The number of phenols is 1. The molecule has 0 fully saturated rings. The van der Waals surface area contributed by atoms with Crippen molar-refractivity contribution in [3.8, 4) is 5.75 Å². The summed E-state index contributed by atoms with van der Waals surface area (Å²) in [6.45, 7) is 3.53. The highest BCUT2D eigenvalue weighted by Crippen LogP contribution is 2.19. The first-order valence-corrected chi connectivity index (χ1v) is 4.37. The van der Waals surface area contributed by atoms with Gasteiger partial charge in [-0.25, -0.2) is 0 Å². The van der Waals surface area contributed by atoms with Gasteiger partial charge in [0.1, 0.15) is 11.5 Å². The molecule has 0 aliphatic heterocycles. The molecule has 0 radical (unpaired) electrons. The molecule has 0 saturated heterocycles. The number of Topliss-reactive ketones (excluding diaryl/α,β-unsaturated/α-hetero) is 1. The van der Waals surface area contributed by atoms with E-state index in [1.54, 1.807) is 13.0 Å². The van der Waals surface area contributed by atoms with E-state index in [1.807, 2.05) is 19.1 Å². The zero-order valence-electron chi connectivity index (χ0n) is 8.00. The van der Waals surface area contributed by atoms with Crippen molar-refractivity contribution in [1.29, 1.82) is 0 Å². The number of phenolic OH excluding ortho intramolecular Hbond substituents is 1. The van der Waals surface area contributed by atoms with Gasteiger partial charge in [-0.2, -0.15) is 0 Å². The lowest BCUT2D eigenvalue weighted by atomic mass is 10.0. The molecule has 1 N–H and O–H groups in total. The van der Waals surface area contributed by atoms with Crippen LogP contribution in [0.25, 0.3) is 0 Å². The van der Waals surface area contributed by atoms with Crippen molar-refractivity contribution in [2.75, 3.05) is 0 Å². The number of hydrogen-bond acceptors (Lipinski definition) is 2. The third kappa shape index (κ3) is 2.90. The number of carbonyl (C=O) groups excluding carboxylic acids is 1. The van der Waals surface area contributed by atoms with Crippen molar-refractivity contribution in [3.63, 3.8) is 0 Å². The molecule has 70 valence electrons. The summed E-state index contributed by atoms with van der Waals surface area (Å²) in [4.78, 5) is 10.7. The average molecular weight is 178 g/mol. The molecule has 2 nitrogen and oxygen atoms in total. The lowest BCUT2D eigenvalue weighted by molar-refractivity contribution is -0.116. The largest absolute Gasteiger partial charge is 0.508 e. The SMILES string of the molecule is CC(=O)CCc1cc(C)ccc1O. The Hall–Kier alpha value is -1.31. The summed E-state index contributed by atoms with van der Waals surface area (Å²) in [5, 5.41) is 9.44. The number of ketones is 1. The number of hydrogen-bond donors (Lipinski definition) is 1. The molecule has 0 spiro atoms. The first-order valence-electron chi connectivity index (χ1n) is 4.37. The van der Waals surface area contributed by atoms with Gasteiger partial charge in [0, 0.05) is 6.42 Å². The van der Waals surface area contributed by atoms with Crippen LogP contribution in [0.2, 0.25) is 0 Å². The number of aryl methyl sites for hydroxylation is 2. The summed E-state index contributed by atoms with van der Waals surface area (Å²) >= 11 is 0. The van der Waals surface area contributed by atoms with Crippen molar-refractivity contribution in [2.45, 2.75) is 26.7 Å². The first kappa shape index (κ1) is 9.78. The van der Waals surface area contributed by atoms with Crippen molar-refractivity contribution in [3.05, 3.63) is 29.3 Å². The van der Waals surface area contributed by atoms with E-state index in [-0.39, 0.29) is 11.5 Å². The Labute approximate surface area is 78.2 Å². The Morgan fingerprint density at radius 1 is 1.46 bits per heavy atom. The van der Waals surface area contributed by atoms with Crippen LogP contribution in [0.3, 0.4) is 0 Å². The summed E-state index contributed by atoms with van der Waals surface area (Å²) in [6, 6.07) is 5.44. The topological polar surface area (TPSA) is 37.3 Å². The van der Waals surface area contributed by atoms with Crippen molar-refractivity contribution >= 4 is 5.78 Å². The van der Waals surface area contributed by atoms with Gasteiger partial charge in [-0.1, -0.05) is 17.7 Å². The highest BCUT2D eigenvalue weighted by Gasteiger charge is 2.02. The van der Waals surface area contributed by atoms with Crippen molar-refractivity contribution in [2.24, 2.45) is 0 Å². The minimum atomic E-state index is 0.154. The molecular weight excluding hydrogens is 164 g/mol. The van der Waals surface area contributed by atoms with E-state index in [4.69, 9.17) is 0 Å². The van der Waals surface area contributed by atoms with Crippen molar-refractivity contribution < 1.29 is 9.90 Å². The Balaban J connectivity index is 2.75. The van der Waals surface area contributed by atoms with Crippen molar-refractivity contribution in [1.82, 2.24) is 0 Å². The molecule has 1 rings (SSSR count). The fraction of sp³-hybridized carbons (Fsp3) is 0.364. The molecule has 1 aromatic carbocycles. The Bertz CT molecular complexity index is 316. The number of rotatable bonds is 3. The monoisotopic (exact) mass is 178 g/mol. The maximum absolute atomic E-state index is 10.7. The molecular formula is C11H14O2. The van der Waals surface area contributed by atoms with Gasteiger partial charge in [-0.15, -0.1) is 0 Å². The second-order valence-electron chi connectivity index (χ2n) is 3.33. The highest BCUT2D eigenvalue weighted by molar-refractivity contribution is 5.75. The Kier molecular flexibility index (Phi) is 3.07. The third-order valence-corrected chi connectivity index (χ3v) is 1.98. The average Bonchev–Trinajstić information content (AvgIpc) is 2.06. The summed E-state index contributed by atoms with van der Waals surface area (Å²) in [6.07, 6.45) is 1.12. The summed E-state index contributed by atoms with van der Waals surface area (Å²) < 4.78 is 0. The van der Waals surface area contributed by atoms with E-state index < -0.39 is 0 Å². The molecule has 0 heterocycles. The molecule has 0 atom stereocenters. The van der Waals surface area contributed by atoms with Gasteiger partial charge in [0.15, 0.2) is 0 Å². The zero-order chi connectivity index (χ0) is 9.84. The van der Waals surface area contributed by atoms with E-state index >= 15 is 0 Å². The normalized spacial score (nSPS) is 10.0. The molecule has 13 heavy (non-hydrogen) atoms.